The van der Waals surface area contributed by atoms with Crippen LogP contribution in [0.15, 0.2) is 10.6 Å². The summed E-state index contributed by atoms with van der Waals surface area (Å²) in [5.41, 5.74) is 2.96. The molecule has 0 radical (unpaired) electrons. The predicted molar refractivity (Wildman–Crippen MR) is 76.1 cm³/mol. The van der Waals surface area contributed by atoms with Crippen molar-refractivity contribution in [2.24, 2.45) is 0 Å². The van der Waals surface area contributed by atoms with E-state index in [1.807, 2.05) is 19.9 Å². The van der Waals surface area contributed by atoms with Crippen molar-refractivity contribution < 1.29 is 14.1 Å². The fourth-order valence-electron chi connectivity index (χ4n) is 2.51. The van der Waals surface area contributed by atoms with Crippen molar-refractivity contribution >= 4 is 17.3 Å². The molecule has 4 nitrogen and oxygen atoms in total. The minimum Gasteiger partial charge on any atom is -0.456 e. The first kappa shape index (κ1) is 13.4. The molecule has 2 heterocycles. The van der Waals surface area contributed by atoms with E-state index in [1.54, 1.807) is 11.3 Å². The molecule has 0 aromatic carbocycles. The second kappa shape index (κ2) is 5.40. The molecule has 1 aliphatic carbocycles. The number of nitrogens with zero attached hydrogens (tertiary/aromatic N) is 1. The molecule has 0 saturated heterocycles. The van der Waals surface area contributed by atoms with Gasteiger partial charge in [-0.15, -0.1) is 11.3 Å². The lowest BCUT2D eigenvalue weighted by Crippen LogP contribution is -2.04. The van der Waals surface area contributed by atoms with Crippen LogP contribution in [0.3, 0.4) is 0 Å². The van der Waals surface area contributed by atoms with E-state index in [9.17, 15) is 4.79 Å². The fourth-order valence-corrected chi connectivity index (χ4v) is 3.66. The van der Waals surface area contributed by atoms with Gasteiger partial charge in [0.05, 0.1) is 11.3 Å². The molecule has 0 spiro atoms. The van der Waals surface area contributed by atoms with Crippen molar-refractivity contribution in [3.05, 3.63) is 38.4 Å². The molecule has 3 rings (SSSR count). The van der Waals surface area contributed by atoms with Crippen molar-refractivity contribution in [2.45, 2.75) is 46.1 Å². The van der Waals surface area contributed by atoms with Crippen molar-refractivity contribution in [3.63, 3.8) is 0 Å². The summed E-state index contributed by atoms with van der Waals surface area (Å²) < 4.78 is 10.4. The Morgan fingerprint density at radius 3 is 2.90 bits per heavy atom. The average Bonchev–Trinajstić information content (AvgIpc) is 3.01. The summed E-state index contributed by atoms with van der Waals surface area (Å²) in [6.45, 7) is 3.90. The Kier molecular flexibility index (Phi) is 3.61. The van der Waals surface area contributed by atoms with Crippen LogP contribution in [0.2, 0.25) is 0 Å². The molecule has 20 heavy (non-hydrogen) atoms. The number of carbonyl (C=O) groups excluding carboxylic acids is 1. The zero-order chi connectivity index (χ0) is 14.1. The van der Waals surface area contributed by atoms with Gasteiger partial charge in [0.25, 0.3) is 0 Å². The Hall–Kier alpha value is -1.62. The molecule has 0 amide bonds. The number of hydrogen-bond acceptors (Lipinski definition) is 5. The van der Waals surface area contributed by atoms with Crippen LogP contribution in [-0.4, -0.2) is 11.1 Å². The number of carbonyl (C=O) groups is 1. The molecule has 2 aromatic rings. The molecule has 0 saturated carbocycles. The maximum absolute atomic E-state index is 12.1. The standard InChI is InChI=1S/C15H17NO3S/c1-9-12(10(2)19-16-9)8-18-15(17)14-7-11-5-3-4-6-13(11)20-14/h7H,3-6,8H2,1-2H3. The number of esters is 1. The fraction of sp³-hybridized carbons (Fsp3) is 0.467. The molecular formula is C15H17NO3S. The zero-order valence-electron chi connectivity index (χ0n) is 11.7. The second-order valence-corrected chi connectivity index (χ2v) is 6.28. The van der Waals surface area contributed by atoms with Crippen LogP contribution in [0, 0.1) is 13.8 Å². The van der Waals surface area contributed by atoms with E-state index in [4.69, 9.17) is 9.26 Å². The van der Waals surface area contributed by atoms with E-state index < -0.39 is 0 Å². The van der Waals surface area contributed by atoms with E-state index >= 15 is 0 Å². The summed E-state index contributed by atoms with van der Waals surface area (Å²) >= 11 is 1.58. The van der Waals surface area contributed by atoms with Crippen molar-refractivity contribution in [2.75, 3.05) is 0 Å². The van der Waals surface area contributed by atoms with Gasteiger partial charge in [-0.1, -0.05) is 5.16 Å². The highest BCUT2D eigenvalue weighted by Gasteiger charge is 2.19. The molecule has 0 unspecified atom stereocenters. The van der Waals surface area contributed by atoms with Gasteiger partial charge >= 0.3 is 5.97 Å². The van der Waals surface area contributed by atoms with E-state index in [-0.39, 0.29) is 12.6 Å². The van der Waals surface area contributed by atoms with Gasteiger partial charge in [0, 0.05) is 4.88 Å². The van der Waals surface area contributed by atoms with Crippen LogP contribution < -0.4 is 0 Å². The van der Waals surface area contributed by atoms with Gasteiger partial charge in [-0.2, -0.15) is 0 Å². The number of aromatic nitrogens is 1. The molecule has 106 valence electrons. The third-order valence-electron chi connectivity index (χ3n) is 3.73. The van der Waals surface area contributed by atoms with Gasteiger partial charge in [0.15, 0.2) is 0 Å². The smallest absolute Gasteiger partial charge is 0.348 e. The first-order valence-corrected chi connectivity index (χ1v) is 7.67. The highest BCUT2D eigenvalue weighted by atomic mass is 32.1. The van der Waals surface area contributed by atoms with Crippen LogP contribution >= 0.6 is 11.3 Å². The number of aryl methyl sites for hydroxylation is 4. The Morgan fingerprint density at radius 1 is 1.40 bits per heavy atom. The van der Waals surface area contributed by atoms with Gasteiger partial charge in [0.2, 0.25) is 0 Å². The summed E-state index contributed by atoms with van der Waals surface area (Å²) in [5, 5.41) is 3.86. The maximum Gasteiger partial charge on any atom is 0.348 e. The molecule has 5 heteroatoms. The summed E-state index contributed by atoms with van der Waals surface area (Å²) in [6.07, 6.45) is 4.62. The zero-order valence-corrected chi connectivity index (χ0v) is 12.5. The van der Waals surface area contributed by atoms with Crippen LogP contribution in [0.25, 0.3) is 0 Å². The van der Waals surface area contributed by atoms with E-state index in [1.165, 1.54) is 23.3 Å². The Balaban J connectivity index is 1.69. The van der Waals surface area contributed by atoms with E-state index in [0.29, 0.717) is 10.6 Å². The third-order valence-corrected chi connectivity index (χ3v) is 4.94. The van der Waals surface area contributed by atoms with Gasteiger partial charge in [0.1, 0.15) is 17.2 Å². The lowest BCUT2D eigenvalue weighted by molar-refractivity contribution is 0.0476. The van der Waals surface area contributed by atoms with E-state index in [0.717, 1.165) is 24.1 Å². The Bertz CT molecular complexity index is 599. The van der Waals surface area contributed by atoms with Crippen molar-refractivity contribution in [1.29, 1.82) is 0 Å². The third kappa shape index (κ3) is 2.50. The van der Waals surface area contributed by atoms with Crippen LogP contribution in [-0.2, 0) is 24.2 Å². The number of thiophene rings is 1. The topological polar surface area (TPSA) is 52.3 Å². The van der Waals surface area contributed by atoms with Gasteiger partial charge in [-0.25, -0.2) is 4.79 Å². The number of hydrogen-bond donors (Lipinski definition) is 0. The van der Waals surface area contributed by atoms with Crippen molar-refractivity contribution in [1.82, 2.24) is 5.16 Å². The summed E-state index contributed by atoms with van der Waals surface area (Å²) in [4.78, 5) is 14.2. The van der Waals surface area contributed by atoms with Crippen LogP contribution in [0.4, 0.5) is 0 Å². The van der Waals surface area contributed by atoms with Crippen molar-refractivity contribution in [3.8, 4) is 0 Å². The number of ether oxygens (including phenoxy) is 1. The highest BCUT2D eigenvalue weighted by molar-refractivity contribution is 7.14. The molecule has 0 bridgehead atoms. The summed E-state index contributed by atoms with van der Waals surface area (Å²) in [7, 11) is 0. The minimum absolute atomic E-state index is 0.225. The molecule has 0 N–H and O–H groups in total. The minimum atomic E-state index is -0.246. The Labute approximate surface area is 121 Å². The number of rotatable bonds is 3. The van der Waals surface area contributed by atoms with Crippen LogP contribution in [0.1, 0.15) is 50.0 Å². The molecule has 0 atom stereocenters. The Morgan fingerprint density at radius 2 is 2.20 bits per heavy atom. The summed E-state index contributed by atoms with van der Waals surface area (Å²) in [5.74, 6) is 0.463. The highest BCUT2D eigenvalue weighted by Crippen LogP contribution is 2.30. The lowest BCUT2D eigenvalue weighted by atomic mass is 9.99. The monoisotopic (exact) mass is 291 g/mol. The van der Waals surface area contributed by atoms with Gasteiger partial charge in [-0.3, -0.25) is 0 Å². The van der Waals surface area contributed by atoms with Gasteiger partial charge in [-0.05, 0) is 51.2 Å². The average molecular weight is 291 g/mol. The second-order valence-electron chi connectivity index (χ2n) is 5.15. The lowest BCUT2D eigenvalue weighted by Gasteiger charge is -2.08. The molecule has 2 aromatic heterocycles. The molecule has 0 fully saturated rings. The van der Waals surface area contributed by atoms with E-state index in [2.05, 4.69) is 5.16 Å². The van der Waals surface area contributed by atoms with Crippen LogP contribution in [0.5, 0.6) is 0 Å². The maximum atomic E-state index is 12.1. The quantitative estimate of drug-likeness (QED) is 0.811. The van der Waals surface area contributed by atoms with Gasteiger partial charge < -0.3 is 9.26 Å². The predicted octanol–water partition coefficient (Wildman–Crippen LogP) is 3.59. The SMILES string of the molecule is Cc1noc(C)c1COC(=O)c1cc2c(s1)CCCC2. The molecule has 1 aliphatic rings. The largest absolute Gasteiger partial charge is 0.456 e. The molecular weight excluding hydrogens is 274 g/mol. The first-order valence-electron chi connectivity index (χ1n) is 6.85. The molecule has 0 aliphatic heterocycles. The normalized spacial score (nSPS) is 14.1. The number of fused-ring (bicyclic) bond motifs is 1. The first-order chi connectivity index (χ1) is 9.65. The summed E-state index contributed by atoms with van der Waals surface area (Å²) in [6, 6.07) is 1.99.